The van der Waals surface area contributed by atoms with Gasteiger partial charge >= 0.3 is 6.09 Å². The number of piperazine rings is 1. The molecular weight excluding hydrogens is 401 g/mol. The van der Waals surface area contributed by atoms with Crippen LogP contribution < -0.4 is 10.2 Å². The lowest BCUT2D eigenvalue weighted by atomic mass is 10.2. The molecule has 0 unspecified atom stereocenters. The number of halogens is 2. The van der Waals surface area contributed by atoms with E-state index >= 15 is 0 Å². The number of nitrogens with one attached hydrogen (secondary N) is 1. The second kappa shape index (κ2) is 10.2. The standard InChI is InChI=1S/C20H29Cl2N3O3/c1-20(2,3)28-19(27)23-10-5-4-9-17(26)25-13-11-24(12-14-25)16-8-6-7-15(21)18(16)22/h6-8H,4-5,9-14H2,1-3H3,(H,23,27). The number of carbonyl (C=O) groups excluding carboxylic acids is 2. The number of amides is 2. The maximum absolute atomic E-state index is 12.4. The minimum absolute atomic E-state index is 0.147. The van der Waals surface area contributed by atoms with Crippen molar-refractivity contribution < 1.29 is 14.3 Å². The van der Waals surface area contributed by atoms with Crippen molar-refractivity contribution in [3.63, 3.8) is 0 Å². The predicted molar refractivity (Wildman–Crippen MR) is 113 cm³/mol. The average molecular weight is 430 g/mol. The molecule has 28 heavy (non-hydrogen) atoms. The Kier molecular flexibility index (Phi) is 8.25. The summed E-state index contributed by atoms with van der Waals surface area (Å²) in [4.78, 5) is 28.0. The van der Waals surface area contributed by atoms with Crippen molar-refractivity contribution in [2.75, 3.05) is 37.6 Å². The van der Waals surface area contributed by atoms with Gasteiger partial charge in [-0.05, 0) is 45.7 Å². The predicted octanol–water partition coefficient (Wildman–Crippen LogP) is 4.34. The van der Waals surface area contributed by atoms with Crippen LogP contribution in [0.3, 0.4) is 0 Å². The number of benzene rings is 1. The Bertz CT molecular complexity index is 684. The maximum Gasteiger partial charge on any atom is 0.407 e. The van der Waals surface area contributed by atoms with Crippen molar-refractivity contribution in [3.8, 4) is 0 Å². The summed E-state index contributed by atoms with van der Waals surface area (Å²) in [5.41, 5.74) is 0.409. The molecular formula is C20H29Cl2N3O3. The Morgan fingerprint density at radius 1 is 1.11 bits per heavy atom. The van der Waals surface area contributed by atoms with E-state index in [0.717, 1.165) is 31.6 Å². The zero-order chi connectivity index (χ0) is 20.7. The number of unbranched alkanes of at least 4 members (excludes halogenated alkanes) is 1. The minimum atomic E-state index is -0.502. The first kappa shape index (κ1) is 22.6. The van der Waals surface area contributed by atoms with Gasteiger partial charge in [0.2, 0.25) is 5.91 Å². The van der Waals surface area contributed by atoms with Gasteiger partial charge in [-0.3, -0.25) is 4.79 Å². The van der Waals surface area contributed by atoms with Gasteiger partial charge in [0.15, 0.2) is 0 Å². The van der Waals surface area contributed by atoms with E-state index in [0.29, 0.717) is 36.1 Å². The Labute approximate surface area is 177 Å². The summed E-state index contributed by atoms with van der Waals surface area (Å²) < 4.78 is 5.18. The highest BCUT2D eigenvalue weighted by Crippen LogP contribution is 2.32. The van der Waals surface area contributed by atoms with E-state index in [1.807, 2.05) is 37.8 Å². The molecule has 8 heteroatoms. The average Bonchev–Trinajstić information content (AvgIpc) is 2.62. The molecule has 1 heterocycles. The molecule has 1 aromatic rings. The van der Waals surface area contributed by atoms with Crippen LogP contribution in [0.5, 0.6) is 0 Å². The summed E-state index contributed by atoms with van der Waals surface area (Å²) in [6, 6.07) is 5.60. The van der Waals surface area contributed by atoms with Gasteiger partial charge in [-0.2, -0.15) is 0 Å². The van der Waals surface area contributed by atoms with E-state index in [1.54, 1.807) is 6.07 Å². The highest BCUT2D eigenvalue weighted by Gasteiger charge is 2.22. The quantitative estimate of drug-likeness (QED) is 0.683. The first-order valence-corrected chi connectivity index (χ1v) is 10.4. The van der Waals surface area contributed by atoms with Crippen molar-refractivity contribution >= 4 is 40.9 Å². The van der Waals surface area contributed by atoms with Gasteiger partial charge in [0.25, 0.3) is 0 Å². The number of hydrogen-bond donors (Lipinski definition) is 1. The smallest absolute Gasteiger partial charge is 0.407 e. The van der Waals surface area contributed by atoms with Crippen molar-refractivity contribution in [1.29, 1.82) is 0 Å². The monoisotopic (exact) mass is 429 g/mol. The van der Waals surface area contributed by atoms with Crippen LogP contribution in [0.2, 0.25) is 10.0 Å². The van der Waals surface area contributed by atoms with Gasteiger partial charge in [0.1, 0.15) is 5.60 Å². The lowest BCUT2D eigenvalue weighted by Crippen LogP contribution is -2.48. The topological polar surface area (TPSA) is 61.9 Å². The second-order valence-electron chi connectivity index (χ2n) is 7.83. The Hall–Kier alpha value is -1.66. The normalized spacial score (nSPS) is 14.8. The highest BCUT2D eigenvalue weighted by atomic mass is 35.5. The Balaban J connectivity index is 1.66. The van der Waals surface area contributed by atoms with Crippen LogP contribution in [-0.4, -0.2) is 55.2 Å². The molecule has 0 bridgehead atoms. The van der Waals surface area contributed by atoms with Gasteiger partial charge in [-0.15, -0.1) is 0 Å². The van der Waals surface area contributed by atoms with Crippen molar-refractivity contribution in [3.05, 3.63) is 28.2 Å². The van der Waals surface area contributed by atoms with Crippen LogP contribution in [0.1, 0.15) is 40.0 Å². The maximum atomic E-state index is 12.4. The van der Waals surface area contributed by atoms with Gasteiger partial charge in [0, 0.05) is 39.1 Å². The second-order valence-corrected chi connectivity index (χ2v) is 8.61. The summed E-state index contributed by atoms with van der Waals surface area (Å²) in [7, 11) is 0. The Morgan fingerprint density at radius 3 is 2.43 bits per heavy atom. The molecule has 1 fully saturated rings. The fourth-order valence-electron chi connectivity index (χ4n) is 3.00. The molecule has 2 amide bonds. The lowest BCUT2D eigenvalue weighted by molar-refractivity contribution is -0.131. The molecule has 156 valence electrons. The molecule has 1 aliphatic heterocycles. The van der Waals surface area contributed by atoms with Crippen molar-refractivity contribution in [2.24, 2.45) is 0 Å². The summed E-state index contributed by atoms with van der Waals surface area (Å²) >= 11 is 12.4. The number of carbonyl (C=O) groups is 2. The third kappa shape index (κ3) is 7.06. The number of nitrogens with zero attached hydrogens (tertiary/aromatic N) is 2. The zero-order valence-electron chi connectivity index (χ0n) is 16.8. The van der Waals surface area contributed by atoms with Crippen LogP contribution in [0, 0.1) is 0 Å². The molecule has 1 aromatic carbocycles. The molecule has 0 aliphatic carbocycles. The SMILES string of the molecule is CC(C)(C)OC(=O)NCCCCC(=O)N1CCN(c2cccc(Cl)c2Cl)CC1. The molecule has 0 aromatic heterocycles. The first-order chi connectivity index (χ1) is 13.2. The number of alkyl carbamates (subject to hydrolysis) is 1. The molecule has 6 nitrogen and oxygen atoms in total. The van der Waals surface area contributed by atoms with Crippen LogP contribution in [0.15, 0.2) is 18.2 Å². The van der Waals surface area contributed by atoms with E-state index < -0.39 is 11.7 Å². The van der Waals surface area contributed by atoms with Gasteiger partial charge in [-0.25, -0.2) is 4.79 Å². The van der Waals surface area contributed by atoms with Crippen LogP contribution in [0.4, 0.5) is 10.5 Å². The first-order valence-electron chi connectivity index (χ1n) is 9.61. The van der Waals surface area contributed by atoms with Gasteiger partial charge in [0.05, 0.1) is 15.7 Å². The summed E-state index contributed by atoms with van der Waals surface area (Å²) in [6.07, 6.45) is 1.53. The third-order valence-electron chi connectivity index (χ3n) is 4.39. The number of ether oxygens (including phenoxy) is 1. The number of hydrogen-bond acceptors (Lipinski definition) is 4. The van der Waals surface area contributed by atoms with Crippen LogP contribution in [0.25, 0.3) is 0 Å². The fraction of sp³-hybridized carbons (Fsp3) is 0.600. The van der Waals surface area contributed by atoms with E-state index in [-0.39, 0.29) is 5.91 Å². The number of anilines is 1. The molecule has 1 saturated heterocycles. The summed E-state index contributed by atoms with van der Waals surface area (Å²) in [5, 5.41) is 3.81. The lowest BCUT2D eigenvalue weighted by Gasteiger charge is -2.36. The number of rotatable bonds is 6. The molecule has 0 atom stereocenters. The summed E-state index contributed by atoms with van der Waals surface area (Å²) in [6.45, 7) is 8.76. The molecule has 0 radical (unpaired) electrons. The summed E-state index contributed by atoms with van der Waals surface area (Å²) in [5.74, 6) is 0.147. The van der Waals surface area contributed by atoms with E-state index in [2.05, 4.69) is 10.2 Å². The van der Waals surface area contributed by atoms with E-state index in [1.165, 1.54) is 0 Å². The molecule has 0 spiro atoms. The van der Waals surface area contributed by atoms with E-state index in [9.17, 15) is 9.59 Å². The van der Waals surface area contributed by atoms with Crippen LogP contribution >= 0.6 is 23.2 Å². The highest BCUT2D eigenvalue weighted by molar-refractivity contribution is 6.43. The Morgan fingerprint density at radius 2 is 1.79 bits per heavy atom. The molecule has 1 aliphatic rings. The zero-order valence-corrected chi connectivity index (χ0v) is 18.3. The fourth-order valence-corrected chi connectivity index (χ4v) is 3.41. The largest absolute Gasteiger partial charge is 0.444 e. The van der Waals surface area contributed by atoms with Gasteiger partial charge in [-0.1, -0.05) is 29.3 Å². The van der Waals surface area contributed by atoms with E-state index in [4.69, 9.17) is 27.9 Å². The van der Waals surface area contributed by atoms with Crippen LogP contribution in [-0.2, 0) is 9.53 Å². The van der Waals surface area contributed by atoms with Gasteiger partial charge < -0.3 is 19.9 Å². The third-order valence-corrected chi connectivity index (χ3v) is 5.20. The molecule has 0 saturated carbocycles. The van der Waals surface area contributed by atoms with Crippen molar-refractivity contribution in [2.45, 2.75) is 45.6 Å². The minimum Gasteiger partial charge on any atom is -0.444 e. The molecule has 1 N–H and O–H groups in total. The molecule has 2 rings (SSSR count). The van der Waals surface area contributed by atoms with Crippen molar-refractivity contribution in [1.82, 2.24) is 10.2 Å².